The third-order valence-electron chi connectivity index (χ3n) is 4.92. The molecule has 1 aromatic heterocycles. The minimum Gasteiger partial charge on any atom is -0.391 e. The van der Waals surface area contributed by atoms with Crippen molar-refractivity contribution >= 4 is 41.3 Å². The van der Waals surface area contributed by atoms with Crippen LogP contribution >= 0.6 is 24.6 Å². The number of aliphatic hydroxyl groups excluding tert-OH is 1. The number of hydrogen-bond donors (Lipinski definition) is 4. The average Bonchev–Trinajstić information content (AvgIpc) is 2.71. The zero-order valence-corrected chi connectivity index (χ0v) is 19.7. The fourth-order valence-corrected chi connectivity index (χ4v) is 3.73. The van der Waals surface area contributed by atoms with Crippen molar-refractivity contribution in [2.45, 2.75) is 58.0 Å². The van der Waals surface area contributed by atoms with Gasteiger partial charge < -0.3 is 15.7 Å². The van der Waals surface area contributed by atoms with Crippen LogP contribution < -0.4 is 10.6 Å². The van der Waals surface area contributed by atoms with E-state index in [9.17, 15) is 18.3 Å². The number of nitrogens with one attached hydrogen (secondary N) is 2. The Hall–Kier alpha value is -1.50. The molecule has 0 amide bonds. The minimum atomic E-state index is -4.63. The van der Waals surface area contributed by atoms with Gasteiger partial charge in [0.05, 0.1) is 23.7 Å². The molecule has 0 aliphatic carbocycles. The molecule has 2 atom stereocenters. The molecule has 2 unspecified atom stereocenters. The fourth-order valence-electron chi connectivity index (χ4n) is 2.93. The molecule has 1 saturated heterocycles. The van der Waals surface area contributed by atoms with Crippen LogP contribution in [-0.4, -0.2) is 62.7 Å². The van der Waals surface area contributed by atoms with Crippen molar-refractivity contribution in [2.75, 3.05) is 24.7 Å². The SMILES string of the molecule is CSN1CCC(Nc2ncc(C(F)(F)F)c(/C(S)=C/N=C(\C)NC(C)C(C)O)n2)CC1. The number of anilines is 1. The summed E-state index contributed by atoms with van der Waals surface area (Å²) in [5.41, 5.74) is -1.32. The third kappa shape index (κ3) is 7.85. The van der Waals surface area contributed by atoms with Gasteiger partial charge in [0.25, 0.3) is 0 Å². The highest BCUT2D eigenvalue weighted by Gasteiger charge is 2.36. The molecule has 1 aliphatic heterocycles. The monoisotopic (exact) mass is 478 g/mol. The number of aromatic nitrogens is 2. The Balaban J connectivity index is 2.23. The number of aliphatic hydroxyl groups is 1. The maximum absolute atomic E-state index is 13.5. The number of nitrogens with zero attached hydrogens (tertiary/aromatic N) is 4. The molecule has 31 heavy (non-hydrogen) atoms. The van der Waals surface area contributed by atoms with Crippen molar-refractivity contribution < 1.29 is 18.3 Å². The summed E-state index contributed by atoms with van der Waals surface area (Å²) in [4.78, 5) is 12.0. The topological polar surface area (TPSA) is 85.7 Å². The second kappa shape index (κ2) is 11.4. The molecule has 2 heterocycles. The van der Waals surface area contributed by atoms with Crippen LogP contribution in [0.15, 0.2) is 17.4 Å². The molecule has 3 N–H and O–H groups in total. The van der Waals surface area contributed by atoms with Crippen LogP contribution in [0, 0.1) is 0 Å². The van der Waals surface area contributed by atoms with E-state index in [2.05, 4.69) is 42.5 Å². The molecule has 7 nitrogen and oxygen atoms in total. The molecule has 0 bridgehead atoms. The van der Waals surface area contributed by atoms with Crippen molar-refractivity contribution in [1.29, 1.82) is 0 Å². The summed E-state index contributed by atoms with van der Waals surface area (Å²) < 4.78 is 42.7. The van der Waals surface area contributed by atoms with Gasteiger partial charge in [0.15, 0.2) is 0 Å². The van der Waals surface area contributed by atoms with E-state index in [1.807, 2.05) is 6.26 Å². The quantitative estimate of drug-likeness (QED) is 0.206. The Morgan fingerprint density at radius 1 is 1.39 bits per heavy atom. The van der Waals surface area contributed by atoms with Crippen LogP contribution in [0.3, 0.4) is 0 Å². The van der Waals surface area contributed by atoms with Gasteiger partial charge in [-0.05, 0) is 39.9 Å². The van der Waals surface area contributed by atoms with Crippen LogP contribution in [0.25, 0.3) is 4.91 Å². The molecule has 0 spiro atoms. The maximum Gasteiger partial charge on any atom is 0.420 e. The molecule has 0 aromatic carbocycles. The third-order valence-corrected chi connectivity index (χ3v) is 6.13. The van der Waals surface area contributed by atoms with Gasteiger partial charge in [-0.15, -0.1) is 12.6 Å². The zero-order valence-electron chi connectivity index (χ0n) is 17.9. The molecule has 0 saturated carbocycles. The summed E-state index contributed by atoms with van der Waals surface area (Å²) in [7, 11) is 0. The minimum absolute atomic E-state index is 0.0409. The standard InChI is InChI=1S/C19H29F3N6OS2/c1-11(12(2)29)25-13(3)23-10-16(30)17-15(19(20,21)22)9-24-18(27-17)26-14-5-7-28(31-4)8-6-14/h9-12,14,29-30H,5-8H2,1-4H3,(H,23,25)(H,24,26,27)/b16-10-. The molecule has 12 heteroatoms. The highest BCUT2D eigenvalue weighted by Crippen LogP contribution is 2.35. The second-order valence-corrected chi connectivity index (χ2v) is 8.75. The van der Waals surface area contributed by atoms with E-state index >= 15 is 0 Å². The Labute approximate surface area is 190 Å². The number of alkyl halides is 3. The number of hydrogen-bond acceptors (Lipinski definition) is 8. The lowest BCUT2D eigenvalue weighted by atomic mass is 10.1. The lowest BCUT2D eigenvalue weighted by Crippen LogP contribution is -2.38. The van der Waals surface area contributed by atoms with E-state index < -0.39 is 17.8 Å². The number of piperidine rings is 1. The highest BCUT2D eigenvalue weighted by atomic mass is 32.2. The van der Waals surface area contributed by atoms with E-state index in [-0.39, 0.29) is 28.6 Å². The fraction of sp³-hybridized carbons (Fsp3) is 0.632. The molecule has 2 rings (SSSR count). The van der Waals surface area contributed by atoms with Crippen molar-refractivity contribution in [3.63, 3.8) is 0 Å². The van der Waals surface area contributed by atoms with Crippen molar-refractivity contribution in [3.8, 4) is 0 Å². The van der Waals surface area contributed by atoms with Crippen molar-refractivity contribution in [2.24, 2.45) is 4.99 Å². The van der Waals surface area contributed by atoms with Crippen molar-refractivity contribution in [1.82, 2.24) is 19.6 Å². The van der Waals surface area contributed by atoms with Crippen molar-refractivity contribution in [3.05, 3.63) is 23.7 Å². The summed E-state index contributed by atoms with van der Waals surface area (Å²) in [6, 6.07) is -0.176. The smallest absolute Gasteiger partial charge is 0.391 e. The van der Waals surface area contributed by atoms with E-state index in [1.165, 1.54) is 6.20 Å². The second-order valence-electron chi connectivity index (χ2n) is 7.39. The lowest BCUT2D eigenvalue weighted by Gasteiger charge is -2.30. The predicted octanol–water partition coefficient (Wildman–Crippen LogP) is 3.66. The summed E-state index contributed by atoms with van der Waals surface area (Å²) in [6.07, 6.45) is 0.456. The van der Waals surface area contributed by atoms with Crippen LogP contribution in [0.5, 0.6) is 0 Å². The van der Waals surface area contributed by atoms with Gasteiger partial charge in [-0.3, -0.25) is 4.31 Å². The largest absolute Gasteiger partial charge is 0.420 e. The van der Waals surface area contributed by atoms with Crippen LogP contribution in [-0.2, 0) is 6.18 Å². The number of rotatable bonds is 7. The van der Waals surface area contributed by atoms with Gasteiger partial charge in [-0.1, -0.05) is 11.9 Å². The van der Waals surface area contributed by atoms with Crippen LogP contribution in [0.4, 0.5) is 19.1 Å². The van der Waals surface area contributed by atoms with Gasteiger partial charge in [0, 0.05) is 36.4 Å². The van der Waals surface area contributed by atoms with E-state index in [0.717, 1.165) is 32.1 Å². The first-order valence-electron chi connectivity index (χ1n) is 9.89. The molecule has 1 aromatic rings. The van der Waals surface area contributed by atoms with E-state index in [0.29, 0.717) is 5.84 Å². The van der Waals surface area contributed by atoms with Gasteiger partial charge in [0.1, 0.15) is 5.56 Å². The van der Waals surface area contributed by atoms with Crippen LogP contribution in [0.2, 0.25) is 0 Å². The Kier molecular flexibility index (Phi) is 9.46. The van der Waals surface area contributed by atoms with Gasteiger partial charge in [-0.2, -0.15) is 13.2 Å². The zero-order chi connectivity index (χ0) is 23.2. The number of halogens is 3. The number of thiol groups is 1. The Bertz CT molecular complexity index is 795. The Morgan fingerprint density at radius 3 is 2.58 bits per heavy atom. The molecule has 174 valence electrons. The molecule has 1 aliphatic rings. The summed E-state index contributed by atoms with van der Waals surface area (Å²) in [5, 5.41) is 15.6. The lowest BCUT2D eigenvalue weighted by molar-refractivity contribution is -0.138. The first-order valence-corrected chi connectivity index (χ1v) is 11.5. The molecular formula is C19H29F3N6OS2. The first kappa shape index (κ1) is 25.8. The van der Waals surface area contributed by atoms with Gasteiger partial charge in [-0.25, -0.2) is 15.0 Å². The van der Waals surface area contributed by atoms with E-state index in [4.69, 9.17) is 0 Å². The first-order chi connectivity index (χ1) is 14.5. The normalized spacial score (nSPS) is 19.3. The molecule has 1 fully saturated rings. The molecule has 0 radical (unpaired) electrons. The van der Waals surface area contributed by atoms with E-state index in [1.54, 1.807) is 32.7 Å². The maximum atomic E-state index is 13.5. The average molecular weight is 479 g/mol. The summed E-state index contributed by atoms with van der Waals surface area (Å²) >= 11 is 5.89. The van der Waals surface area contributed by atoms with Gasteiger partial charge >= 0.3 is 6.18 Å². The predicted molar refractivity (Wildman–Crippen MR) is 123 cm³/mol. The Morgan fingerprint density at radius 2 is 2.03 bits per heavy atom. The highest BCUT2D eigenvalue weighted by molar-refractivity contribution is 7.96. The number of aliphatic imine (C=N–C) groups is 1. The van der Waals surface area contributed by atoms with Crippen LogP contribution in [0.1, 0.15) is 44.9 Å². The summed E-state index contributed by atoms with van der Waals surface area (Å²) in [5.74, 6) is 0.563. The molecular weight excluding hydrogens is 449 g/mol. The van der Waals surface area contributed by atoms with Gasteiger partial charge in [0.2, 0.25) is 5.95 Å². The number of amidine groups is 1. The summed E-state index contributed by atoms with van der Waals surface area (Å²) in [6.45, 7) is 6.81.